The highest BCUT2D eigenvalue weighted by Gasteiger charge is 2.26. The topological polar surface area (TPSA) is 59.1 Å². The fourth-order valence-electron chi connectivity index (χ4n) is 2.61. The minimum Gasteiger partial charge on any atom is -0.497 e. The highest BCUT2D eigenvalue weighted by molar-refractivity contribution is 5.95. The highest BCUT2D eigenvalue weighted by atomic mass is 16.5. The van der Waals surface area contributed by atoms with Crippen LogP contribution in [-0.4, -0.2) is 62.0 Å². The molecule has 1 saturated heterocycles. The molecule has 0 saturated carbocycles. The molecule has 6 heteroatoms. The van der Waals surface area contributed by atoms with Gasteiger partial charge in [-0.3, -0.25) is 9.59 Å². The number of nitrogens with zero attached hydrogens (tertiary/aromatic N) is 2. The first kappa shape index (κ1) is 17.1. The minimum atomic E-state index is -0.0705. The summed E-state index contributed by atoms with van der Waals surface area (Å²) in [5.41, 5.74) is 0.532. The molecular formula is C17H24N2O4. The van der Waals surface area contributed by atoms with Crippen molar-refractivity contribution in [3.8, 4) is 11.5 Å². The van der Waals surface area contributed by atoms with Gasteiger partial charge < -0.3 is 19.3 Å². The van der Waals surface area contributed by atoms with E-state index in [0.717, 1.165) is 0 Å². The molecule has 126 valence electrons. The molecule has 23 heavy (non-hydrogen) atoms. The monoisotopic (exact) mass is 320 g/mol. The summed E-state index contributed by atoms with van der Waals surface area (Å²) in [5.74, 6) is 1.22. The van der Waals surface area contributed by atoms with E-state index in [2.05, 4.69) is 0 Å². The Kier molecular flexibility index (Phi) is 5.47. The maximum Gasteiger partial charge on any atom is 0.254 e. The summed E-state index contributed by atoms with van der Waals surface area (Å²) >= 11 is 0. The largest absolute Gasteiger partial charge is 0.497 e. The molecule has 2 rings (SSSR count). The van der Waals surface area contributed by atoms with Crippen LogP contribution in [0.15, 0.2) is 18.2 Å². The Morgan fingerprint density at radius 3 is 1.83 bits per heavy atom. The van der Waals surface area contributed by atoms with Crippen LogP contribution in [0.2, 0.25) is 0 Å². The van der Waals surface area contributed by atoms with Gasteiger partial charge in [-0.25, -0.2) is 0 Å². The van der Waals surface area contributed by atoms with Crippen LogP contribution in [-0.2, 0) is 4.79 Å². The summed E-state index contributed by atoms with van der Waals surface area (Å²) in [7, 11) is 3.11. The zero-order valence-corrected chi connectivity index (χ0v) is 14.2. The third-order valence-electron chi connectivity index (χ3n) is 3.97. The third kappa shape index (κ3) is 3.94. The Morgan fingerprint density at radius 2 is 1.39 bits per heavy atom. The van der Waals surface area contributed by atoms with Gasteiger partial charge >= 0.3 is 0 Å². The van der Waals surface area contributed by atoms with Crippen LogP contribution in [0, 0.1) is 5.92 Å². The smallest absolute Gasteiger partial charge is 0.254 e. The Labute approximate surface area is 137 Å². The summed E-state index contributed by atoms with van der Waals surface area (Å²) in [4.78, 5) is 28.2. The number of rotatable bonds is 4. The molecule has 2 amide bonds. The van der Waals surface area contributed by atoms with Crippen LogP contribution in [0.5, 0.6) is 11.5 Å². The van der Waals surface area contributed by atoms with E-state index in [4.69, 9.17) is 9.47 Å². The SMILES string of the molecule is COc1cc(OC)cc(C(=O)N2CCN(C(=O)C(C)C)CC2)c1. The quantitative estimate of drug-likeness (QED) is 0.846. The van der Waals surface area contributed by atoms with Crippen LogP contribution in [0.4, 0.5) is 0 Å². The van der Waals surface area contributed by atoms with Crippen LogP contribution in [0.3, 0.4) is 0 Å². The van der Waals surface area contributed by atoms with Crippen LogP contribution in [0.1, 0.15) is 24.2 Å². The summed E-state index contributed by atoms with van der Waals surface area (Å²) in [6.07, 6.45) is 0. The second kappa shape index (κ2) is 7.35. The lowest BCUT2D eigenvalue weighted by Gasteiger charge is -2.35. The molecule has 6 nitrogen and oxygen atoms in total. The lowest BCUT2D eigenvalue weighted by molar-refractivity contribution is -0.135. The standard InChI is InChI=1S/C17H24N2O4/c1-12(2)16(20)18-5-7-19(8-6-18)17(21)13-9-14(22-3)11-15(10-13)23-4/h9-12H,5-8H2,1-4H3. The number of carbonyl (C=O) groups is 2. The average Bonchev–Trinajstić information content (AvgIpc) is 2.59. The molecule has 0 aliphatic carbocycles. The molecule has 1 aliphatic rings. The number of amides is 2. The van der Waals surface area contributed by atoms with Crippen molar-refractivity contribution >= 4 is 11.8 Å². The second-order valence-electron chi connectivity index (χ2n) is 5.87. The number of ether oxygens (including phenoxy) is 2. The van der Waals surface area contributed by atoms with E-state index < -0.39 is 0 Å². The van der Waals surface area contributed by atoms with Gasteiger partial charge in [-0.15, -0.1) is 0 Å². The summed E-state index contributed by atoms with van der Waals surface area (Å²) in [6.45, 7) is 6.01. The molecule has 0 radical (unpaired) electrons. The first-order chi connectivity index (χ1) is 11.0. The van der Waals surface area contributed by atoms with E-state index in [-0.39, 0.29) is 17.7 Å². The van der Waals surface area contributed by atoms with Gasteiger partial charge in [0, 0.05) is 43.7 Å². The number of carbonyl (C=O) groups excluding carboxylic acids is 2. The van der Waals surface area contributed by atoms with Crippen molar-refractivity contribution in [3.05, 3.63) is 23.8 Å². The molecule has 1 fully saturated rings. The van der Waals surface area contributed by atoms with Gasteiger partial charge in [0.15, 0.2) is 0 Å². The fourth-order valence-corrected chi connectivity index (χ4v) is 2.61. The maximum atomic E-state index is 12.7. The Bertz CT molecular complexity index is 556. The van der Waals surface area contributed by atoms with Gasteiger partial charge in [-0.2, -0.15) is 0 Å². The zero-order chi connectivity index (χ0) is 17.0. The molecule has 1 aromatic carbocycles. The van der Waals surface area contributed by atoms with Crippen molar-refractivity contribution < 1.29 is 19.1 Å². The number of benzene rings is 1. The van der Waals surface area contributed by atoms with Crippen molar-refractivity contribution in [2.75, 3.05) is 40.4 Å². The van der Waals surface area contributed by atoms with Crippen molar-refractivity contribution in [1.29, 1.82) is 0 Å². The van der Waals surface area contributed by atoms with Crippen LogP contribution < -0.4 is 9.47 Å². The lowest BCUT2D eigenvalue weighted by Crippen LogP contribution is -2.51. The van der Waals surface area contributed by atoms with Crippen LogP contribution >= 0.6 is 0 Å². The fraction of sp³-hybridized carbons (Fsp3) is 0.529. The third-order valence-corrected chi connectivity index (χ3v) is 3.97. The Balaban J connectivity index is 2.06. The number of methoxy groups -OCH3 is 2. The molecule has 0 bridgehead atoms. The van der Waals surface area contributed by atoms with Crippen molar-refractivity contribution in [2.24, 2.45) is 5.92 Å². The molecule has 0 unspecified atom stereocenters. The first-order valence-corrected chi connectivity index (χ1v) is 7.77. The van der Waals surface area contributed by atoms with E-state index >= 15 is 0 Å². The van der Waals surface area contributed by atoms with Gasteiger partial charge in [0.25, 0.3) is 5.91 Å². The van der Waals surface area contributed by atoms with Gasteiger partial charge in [0.2, 0.25) is 5.91 Å². The van der Waals surface area contributed by atoms with Crippen LogP contribution in [0.25, 0.3) is 0 Å². The highest BCUT2D eigenvalue weighted by Crippen LogP contribution is 2.23. The molecule has 1 heterocycles. The number of hydrogen-bond donors (Lipinski definition) is 0. The van der Waals surface area contributed by atoms with E-state index in [1.54, 1.807) is 37.3 Å². The molecule has 1 aromatic rings. The minimum absolute atomic E-state index is 0.0140. The Morgan fingerprint density at radius 1 is 0.913 bits per heavy atom. The van der Waals surface area contributed by atoms with Crippen molar-refractivity contribution in [1.82, 2.24) is 9.80 Å². The van der Waals surface area contributed by atoms with E-state index in [1.165, 1.54) is 0 Å². The second-order valence-corrected chi connectivity index (χ2v) is 5.87. The zero-order valence-electron chi connectivity index (χ0n) is 14.2. The van der Waals surface area contributed by atoms with Gasteiger partial charge in [0.1, 0.15) is 11.5 Å². The molecule has 0 atom stereocenters. The molecule has 1 aliphatic heterocycles. The molecule has 0 spiro atoms. The average molecular weight is 320 g/mol. The van der Waals surface area contributed by atoms with Crippen molar-refractivity contribution in [2.45, 2.75) is 13.8 Å². The molecular weight excluding hydrogens is 296 g/mol. The Hall–Kier alpha value is -2.24. The van der Waals surface area contributed by atoms with Gasteiger partial charge in [-0.05, 0) is 12.1 Å². The normalized spacial score (nSPS) is 14.8. The number of hydrogen-bond acceptors (Lipinski definition) is 4. The van der Waals surface area contributed by atoms with E-state index in [9.17, 15) is 9.59 Å². The first-order valence-electron chi connectivity index (χ1n) is 7.77. The van der Waals surface area contributed by atoms with E-state index in [1.807, 2.05) is 18.7 Å². The molecule has 0 N–H and O–H groups in total. The van der Waals surface area contributed by atoms with Gasteiger partial charge in [-0.1, -0.05) is 13.8 Å². The van der Waals surface area contributed by atoms with Gasteiger partial charge in [0.05, 0.1) is 14.2 Å². The summed E-state index contributed by atoms with van der Waals surface area (Å²) in [5, 5.41) is 0. The summed E-state index contributed by atoms with van der Waals surface area (Å²) in [6, 6.07) is 5.14. The summed E-state index contributed by atoms with van der Waals surface area (Å²) < 4.78 is 10.4. The van der Waals surface area contributed by atoms with E-state index in [0.29, 0.717) is 43.2 Å². The predicted octanol–water partition coefficient (Wildman–Crippen LogP) is 1.64. The van der Waals surface area contributed by atoms with Crippen molar-refractivity contribution in [3.63, 3.8) is 0 Å². The number of piperazine rings is 1. The maximum absolute atomic E-state index is 12.7. The lowest BCUT2D eigenvalue weighted by atomic mass is 10.1. The predicted molar refractivity (Wildman–Crippen MR) is 86.9 cm³/mol. The molecule has 0 aromatic heterocycles.